The topological polar surface area (TPSA) is 86.2 Å². The predicted molar refractivity (Wildman–Crippen MR) is 141 cm³/mol. The molecule has 9 heteroatoms. The Labute approximate surface area is 217 Å². The van der Waals surface area contributed by atoms with Gasteiger partial charge >= 0.3 is 0 Å². The molecule has 1 aliphatic carbocycles. The number of benzene rings is 2. The van der Waals surface area contributed by atoms with Crippen molar-refractivity contribution in [2.24, 2.45) is 18.9 Å². The van der Waals surface area contributed by atoms with Crippen LogP contribution in [-0.2, 0) is 18.4 Å². The SMILES string of the molecule is Cn1cnc2c(=O)n(C[C@@H]3CCN(C(=O)C4CC4)C3)c(-c3ccc(-c4ccc5occc5c4)cc3F)nc21. The van der Waals surface area contributed by atoms with Crippen molar-refractivity contribution in [1.29, 1.82) is 0 Å². The standard InChI is InChI=1S/C29H26FN5O3/c1-33-16-31-25-27(33)32-26(35(29(25)37)15-17-8-10-34(14-17)28(36)18-2-3-18)22-6-4-20(13-23(22)30)19-5-7-24-21(12-19)9-11-38-24/h4-7,9,11-13,16-18H,2-3,8,10,14-15H2,1H3/t17-/m1/s1. The van der Waals surface area contributed by atoms with Crippen LogP contribution in [0.5, 0.6) is 0 Å². The van der Waals surface area contributed by atoms with Crippen molar-refractivity contribution in [1.82, 2.24) is 24.0 Å². The second-order valence-corrected chi connectivity index (χ2v) is 10.5. The first-order chi connectivity index (χ1) is 18.5. The average molecular weight is 512 g/mol. The summed E-state index contributed by atoms with van der Waals surface area (Å²) in [6, 6.07) is 12.6. The third-order valence-corrected chi connectivity index (χ3v) is 7.78. The molecule has 8 nitrogen and oxygen atoms in total. The number of halogens is 1. The Bertz CT molecular complexity index is 1780. The fourth-order valence-corrected chi connectivity index (χ4v) is 5.52. The number of amides is 1. The van der Waals surface area contributed by atoms with E-state index in [2.05, 4.69) is 4.98 Å². The van der Waals surface area contributed by atoms with E-state index < -0.39 is 5.82 Å². The van der Waals surface area contributed by atoms with Gasteiger partial charge in [-0.2, -0.15) is 0 Å². The van der Waals surface area contributed by atoms with Gasteiger partial charge in [-0.15, -0.1) is 0 Å². The molecule has 7 rings (SSSR count). The number of fused-ring (bicyclic) bond motifs is 2. The summed E-state index contributed by atoms with van der Waals surface area (Å²) in [6.07, 6.45) is 5.90. The molecule has 2 aromatic carbocycles. The Balaban J connectivity index is 1.27. The second-order valence-electron chi connectivity index (χ2n) is 10.5. The molecule has 38 heavy (non-hydrogen) atoms. The maximum absolute atomic E-state index is 15.7. The molecule has 0 unspecified atom stereocenters. The smallest absolute Gasteiger partial charge is 0.281 e. The molecular formula is C29H26FN5O3. The first-order valence-corrected chi connectivity index (χ1v) is 12.9. The minimum Gasteiger partial charge on any atom is -0.464 e. The Morgan fingerprint density at radius 3 is 2.74 bits per heavy atom. The van der Waals surface area contributed by atoms with E-state index in [9.17, 15) is 9.59 Å². The summed E-state index contributed by atoms with van der Waals surface area (Å²) < 4.78 is 24.4. The largest absolute Gasteiger partial charge is 0.464 e. The van der Waals surface area contributed by atoms with Gasteiger partial charge in [0, 0.05) is 38.0 Å². The highest BCUT2D eigenvalue weighted by Gasteiger charge is 2.37. The van der Waals surface area contributed by atoms with Crippen molar-refractivity contribution in [3.8, 4) is 22.5 Å². The maximum Gasteiger partial charge on any atom is 0.281 e. The molecule has 0 N–H and O–H groups in total. The molecular weight excluding hydrogens is 485 g/mol. The molecule has 2 aliphatic rings. The van der Waals surface area contributed by atoms with E-state index in [0.29, 0.717) is 25.3 Å². The molecule has 1 aliphatic heterocycles. The summed E-state index contributed by atoms with van der Waals surface area (Å²) in [4.78, 5) is 37.1. The fraction of sp³-hybridized carbons (Fsp3) is 0.310. The van der Waals surface area contributed by atoms with Crippen molar-refractivity contribution in [2.45, 2.75) is 25.8 Å². The second kappa shape index (κ2) is 8.65. The maximum atomic E-state index is 15.7. The highest BCUT2D eigenvalue weighted by Crippen LogP contribution is 2.34. The number of likely N-dealkylation sites (tertiary alicyclic amines) is 1. The lowest BCUT2D eigenvalue weighted by Crippen LogP contribution is -2.32. The number of aryl methyl sites for hydroxylation is 1. The van der Waals surface area contributed by atoms with Crippen LogP contribution in [0.2, 0.25) is 0 Å². The third kappa shape index (κ3) is 3.81. The van der Waals surface area contributed by atoms with E-state index in [-0.39, 0.29) is 40.2 Å². The molecule has 1 atom stereocenters. The third-order valence-electron chi connectivity index (χ3n) is 7.78. The number of carbonyl (C=O) groups excluding carboxylic acids is 1. The number of rotatable bonds is 5. The zero-order valence-corrected chi connectivity index (χ0v) is 20.9. The molecule has 3 aromatic heterocycles. The van der Waals surface area contributed by atoms with Crippen LogP contribution < -0.4 is 5.56 Å². The Morgan fingerprint density at radius 1 is 1.11 bits per heavy atom. The number of imidazole rings is 1. The van der Waals surface area contributed by atoms with Crippen molar-refractivity contribution in [3.05, 3.63) is 71.2 Å². The fourth-order valence-electron chi connectivity index (χ4n) is 5.52. The minimum atomic E-state index is -0.464. The quantitative estimate of drug-likeness (QED) is 0.344. The van der Waals surface area contributed by atoms with Crippen LogP contribution in [0.15, 0.2) is 64.3 Å². The molecule has 5 aromatic rings. The summed E-state index contributed by atoms with van der Waals surface area (Å²) in [6.45, 7) is 1.63. The van der Waals surface area contributed by atoms with Gasteiger partial charge < -0.3 is 13.9 Å². The van der Waals surface area contributed by atoms with Crippen LogP contribution in [0.1, 0.15) is 19.3 Å². The van der Waals surface area contributed by atoms with E-state index in [1.54, 1.807) is 34.8 Å². The van der Waals surface area contributed by atoms with Crippen molar-refractivity contribution in [2.75, 3.05) is 13.1 Å². The van der Waals surface area contributed by atoms with Gasteiger partial charge in [0.15, 0.2) is 11.2 Å². The highest BCUT2D eigenvalue weighted by atomic mass is 19.1. The summed E-state index contributed by atoms with van der Waals surface area (Å²) >= 11 is 0. The van der Waals surface area contributed by atoms with Crippen LogP contribution in [0.4, 0.5) is 4.39 Å². The Hall–Kier alpha value is -4.27. The first-order valence-electron chi connectivity index (χ1n) is 12.9. The molecule has 4 heterocycles. The molecule has 1 saturated carbocycles. The van der Waals surface area contributed by atoms with Crippen LogP contribution in [-0.4, -0.2) is 43.0 Å². The number of hydrogen-bond acceptors (Lipinski definition) is 5. The van der Waals surface area contributed by atoms with Gasteiger partial charge in [-0.05, 0) is 66.6 Å². The lowest BCUT2D eigenvalue weighted by molar-refractivity contribution is -0.131. The Morgan fingerprint density at radius 2 is 1.92 bits per heavy atom. The van der Waals surface area contributed by atoms with Gasteiger partial charge in [-0.3, -0.25) is 14.2 Å². The van der Waals surface area contributed by atoms with Gasteiger partial charge in [0.05, 0.1) is 18.2 Å². The van der Waals surface area contributed by atoms with Crippen molar-refractivity contribution in [3.63, 3.8) is 0 Å². The Kier molecular flexibility index (Phi) is 5.21. The lowest BCUT2D eigenvalue weighted by Gasteiger charge is -2.19. The van der Waals surface area contributed by atoms with E-state index in [4.69, 9.17) is 9.40 Å². The van der Waals surface area contributed by atoms with Gasteiger partial charge in [0.25, 0.3) is 5.56 Å². The lowest BCUT2D eigenvalue weighted by atomic mass is 10.0. The number of nitrogens with zero attached hydrogens (tertiary/aromatic N) is 5. The normalized spacial score (nSPS) is 17.6. The van der Waals surface area contributed by atoms with E-state index in [1.165, 1.54) is 6.07 Å². The first kappa shape index (κ1) is 22.9. The summed E-state index contributed by atoms with van der Waals surface area (Å²) in [5, 5.41) is 0.940. The summed E-state index contributed by atoms with van der Waals surface area (Å²) in [5.41, 5.74) is 2.97. The van der Waals surface area contributed by atoms with Crippen molar-refractivity contribution < 1.29 is 13.6 Å². The predicted octanol–water partition coefficient (Wildman–Crippen LogP) is 4.61. The van der Waals surface area contributed by atoms with E-state index in [1.807, 2.05) is 35.2 Å². The van der Waals surface area contributed by atoms with Gasteiger partial charge in [-0.25, -0.2) is 14.4 Å². The van der Waals surface area contributed by atoms with Gasteiger partial charge in [-0.1, -0.05) is 12.1 Å². The van der Waals surface area contributed by atoms with Crippen LogP contribution in [0.3, 0.4) is 0 Å². The zero-order chi connectivity index (χ0) is 26.0. The van der Waals surface area contributed by atoms with Gasteiger partial charge in [0.1, 0.15) is 17.2 Å². The molecule has 1 amide bonds. The van der Waals surface area contributed by atoms with Crippen molar-refractivity contribution >= 4 is 28.0 Å². The molecule has 2 fully saturated rings. The zero-order valence-electron chi connectivity index (χ0n) is 20.9. The number of aromatic nitrogens is 4. The van der Waals surface area contributed by atoms with E-state index >= 15 is 4.39 Å². The summed E-state index contributed by atoms with van der Waals surface area (Å²) in [5.74, 6) is 0.275. The number of furan rings is 1. The summed E-state index contributed by atoms with van der Waals surface area (Å²) in [7, 11) is 1.76. The molecule has 0 bridgehead atoms. The number of carbonyl (C=O) groups is 1. The molecule has 192 valence electrons. The number of hydrogen-bond donors (Lipinski definition) is 0. The van der Waals surface area contributed by atoms with Crippen LogP contribution in [0.25, 0.3) is 44.6 Å². The highest BCUT2D eigenvalue weighted by molar-refractivity contribution is 5.84. The van der Waals surface area contributed by atoms with Crippen LogP contribution >= 0.6 is 0 Å². The average Bonchev–Trinajstić information content (AvgIpc) is 3.29. The molecule has 1 saturated heterocycles. The minimum absolute atomic E-state index is 0.0844. The molecule has 0 radical (unpaired) electrons. The molecule has 0 spiro atoms. The van der Waals surface area contributed by atoms with E-state index in [0.717, 1.165) is 41.4 Å². The monoisotopic (exact) mass is 511 g/mol. The van der Waals surface area contributed by atoms with Gasteiger partial charge in [0.2, 0.25) is 5.91 Å². The van der Waals surface area contributed by atoms with Crippen LogP contribution in [0, 0.1) is 17.7 Å².